The van der Waals surface area contributed by atoms with E-state index in [4.69, 9.17) is 0 Å². The van der Waals surface area contributed by atoms with Crippen molar-refractivity contribution in [2.24, 2.45) is 5.92 Å². The zero-order chi connectivity index (χ0) is 19.5. The summed E-state index contributed by atoms with van der Waals surface area (Å²) < 4.78 is 0. The summed E-state index contributed by atoms with van der Waals surface area (Å²) in [5.74, 6) is -0.165. The van der Waals surface area contributed by atoms with Gasteiger partial charge in [0.05, 0.1) is 0 Å². The van der Waals surface area contributed by atoms with Gasteiger partial charge >= 0.3 is 0 Å². The fraction of sp³-hybridized carbons (Fsp3) is 0.500. The lowest BCUT2D eigenvalue weighted by molar-refractivity contribution is -0.127. The number of rotatable bonds is 3. The number of aromatic nitrogens is 1. The lowest BCUT2D eigenvalue weighted by Crippen LogP contribution is -2.46. The van der Waals surface area contributed by atoms with Crippen molar-refractivity contribution in [2.45, 2.75) is 51.0 Å². The molecule has 0 spiro atoms. The molecule has 6 heteroatoms. The van der Waals surface area contributed by atoms with Crippen molar-refractivity contribution < 1.29 is 9.59 Å². The van der Waals surface area contributed by atoms with Gasteiger partial charge in [0, 0.05) is 42.1 Å². The summed E-state index contributed by atoms with van der Waals surface area (Å²) in [7, 11) is 0. The number of piperidine rings is 1. The van der Waals surface area contributed by atoms with Gasteiger partial charge in [0.2, 0.25) is 11.3 Å². The van der Waals surface area contributed by atoms with Gasteiger partial charge in [-0.2, -0.15) is 0 Å². The monoisotopic (exact) mass is 381 g/mol. The first-order valence-corrected chi connectivity index (χ1v) is 10.3. The summed E-state index contributed by atoms with van der Waals surface area (Å²) in [5.41, 5.74) is 0.655. The number of aromatic amines is 1. The Hall–Kier alpha value is -2.63. The zero-order valence-electron chi connectivity index (χ0n) is 16.1. The lowest BCUT2D eigenvalue weighted by Gasteiger charge is -2.32. The standard InChI is InChI=1S/C22H27N3O3/c26-20-17-8-4-5-9-19(17)23-14-18(20)22(28)25-12-10-15(11-13-25)21(27)24-16-6-2-1-3-7-16/h4-5,8-9,14-16H,1-3,6-7,10-13H2,(H,23,26)(H,24,27). The fourth-order valence-electron chi connectivity index (χ4n) is 4.41. The molecule has 0 unspecified atom stereocenters. The van der Waals surface area contributed by atoms with Crippen LogP contribution in [0.4, 0.5) is 0 Å². The summed E-state index contributed by atoms with van der Waals surface area (Å²) >= 11 is 0. The van der Waals surface area contributed by atoms with Crippen molar-refractivity contribution in [3.8, 4) is 0 Å². The molecule has 2 heterocycles. The van der Waals surface area contributed by atoms with Gasteiger partial charge < -0.3 is 15.2 Å². The highest BCUT2D eigenvalue weighted by Gasteiger charge is 2.30. The van der Waals surface area contributed by atoms with Crippen molar-refractivity contribution in [3.05, 3.63) is 46.2 Å². The van der Waals surface area contributed by atoms with Gasteiger partial charge in [-0.05, 0) is 37.8 Å². The summed E-state index contributed by atoms with van der Waals surface area (Å²) in [4.78, 5) is 42.8. The van der Waals surface area contributed by atoms with E-state index in [1.54, 1.807) is 17.0 Å². The Labute approximate surface area is 164 Å². The second-order valence-corrected chi connectivity index (χ2v) is 7.99. The number of benzene rings is 1. The summed E-state index contributed by atoms with van der Waals surface area (Å²) in [6.07, 6.45) is 8.61. The quantitative estimate of drug-likeness (QED) is 0.858. The number of para-hydroxylation sites is 1. The van der Waals surface area contributed by atoms with E-state index in [2.05, 4.69) is 10.3 Å². The predicted molar refractivity (Wildman–Crippen MR) is 108 cm³/mol. The van der Waals surface area contributed by atoms with Crippen molar-refractivity contribution in [1.82, 2.24) is 15.2 Å². The van der Waals surface area contributed by atoms with Crippen molar-refractivity contribution in [2.75, 3.05) is 13.1 Å². The van der Waals surface area contributed by atoms with E-state index in [9.17, 15) is 14.4 Å². The molecule has 148 valence electrons. The minimum atomic E-state index is -0.252. The normalized spacial score (nSPS) is 18.9. The number of carbonyl (C=O) groups is 2. The molecule has 2 aromatic rings. The Morgan fingerprint density at radius 1 is 1.00 bits per heavy atom. The van der Waals surface area contributed by atoms with E-state index in [1.807, 2.05) is 12.1 Å². The molecule has 4 rings (SSSR count). The second kappa shape index (κ2) is 8.17. The van der Waals surface area contributed by atoms with E-state index in [0.29, 0.717) is 37.4 Å². The average Bonchev–Trinajstić information content (AvgIpc) is 2.74. The smallest absolute Gasteiger partial charge is 0.259 e. The van der Waals surface area contributed by atoms with Crippen LogP contribution in [0.5, 0.6) is 0 Å². The lowest BCUT2D eigenvalue weighted by atomic mass is 9.92. The van der Waals surface area contributed by atoms with Crippen LogP contribution in [0, 0.1) is 5.92 Å². The number of pyridine rings is 1. The van der Waals surface area contributed by atoms with Gasteiger partial charge in [0.25, 0.3) is 5.91 Å². The maximum absolute atomic E-state index is 12.9. The molecular weight excluding hydrogens is 354 g/mol. The molecule has 1 aliphatic carbocycles. The van der Waals surface area contributed by atoms with Gasteiger partial charge in [-0.1, -0.05) is 31.4 Å². The largest absolute Gasteiger partial charge is 0.360 e. The maximum atomic E-state index is 12.9. The molecule has 0 bridgehead atoms. The van der Waals surface area contributed by atoms with Gasteiger partial charge in [-0.15, -0.1) is 0 Å². The second-order valence-electron chi connectivity index (χ2n) is 7.99. The molecule has 0 radical (unpaired) electrons. The molecule has 2 aliphatic rings. The number of nitrogens with zero attached hydrogens (tertiary/aromatic N) is 1. The van der Waals surface area contributed by atoms with Crippen LogP contribution in [0.15, 0.2) is 35.3 Å². The van der Waals surface area contributed by atoms with E-state index < -0.39 is 0 Å². The first kappa shape index (κ1) is 18.7. The van der Waals surface area contributed by atoms with Gasteiger partial charge in [-0.25, -0.2) is 0 Å². The van der Waals surface area contributed by atoms with Crippen LogP contribution in [-0.2, 0) is 4.79 Å². The molecule has 1 aromatic carbocycles. The van der Waals surface area contributed by atoms with E-state index in [-0.39, 0.29) is 28.7 Å². The van der Waals surface area contributed by atoms with Crippen LogP contribution in [0.1, 0.15) is 55.3 Å². The number of amides is 2. The summed E-state index contributed by atoms with van der Waals surface area (Å²) in [5, 5.41) is 3.72. The highest BCUT2D eigenvalue weighted by Crippen LogP contribution is 2.22. The molecule has 2 N–H and O–H groups in total. The van der Waals surface area contributed by atoms with Gasteiger partial charge in [0.1, 0.15) is 5.56 Å². The van der Waals surface area contributed by atoms with Crippen molar-refractivity contribution >= 4 is 22.7 Å². The highest BCUT2D eigenvalue weighted by atomic mass is 16.2. The van der Waals surface area contributed by atoms with Crippen LogP contribution >= 0.6 is 0 Å². The summed E-state index contributed by atoms with van der Waals surface area (Å²) in [6.45, 7) is 1.02. The fourth-order valence-corrected chi connectivity index (χ4v) is 4.41. The van der Waals surface area contributed by atoms with Crippen molar-refractivity contribution in [1.29, 1.82) is 0 Å². The van der Waals surface area contributed by atoms with Gasteiger partial charge in [0.15, 0.2) is 0 Å². The molecule has 0 atom stereocenters. The van der Waals surface area contributed by atoms with E-state index in [1.165, 1.54) is 25.5 Å². The van der Waals surface area contributed by atoms with Gasteiger partial charge in [-0.3, -0.25) is 14.4 Å². The Morgan fingerprint density at radius 3 is 2.46 bits per heavy atom. The molecule has 2 amide bonds. The molecule has 28 heavy (non-hydrogen) atoms. The number of H-pyrrole nitrogens is 1. The molecule has 1 aliphatic heterocycles. The first-order valence-electron chi connectivity index (χ1n) is 10.3. The Kier molecular flexibility index (Phi) is 5.46. The molecule has 1 saturated carbocycles. The Balaban J connectivity index is 1.38. The SMILES string of the molecule is O=C(NC1CCCCC1)C1CCN(C(=O)c2c[nH]c3ccccc3c2=O)CC1. The third-order valence-corrected chi connectivity index (χ3v) is 6.12. The molecule has 2 fully saturated rings. The number of nitrogens with one attached hydrogen (secondary N) is 2. The third kappa shape index (κ3) is 3.81. The van der Waals surface area contributed by atoms with Crippen LogP contribution in [0.2, 0.25) is 0 Å². The zero-order valence-corrected chi connectivity index (χ0v) is 16.1. The minimum Gasteiger partial charge on any atom is -0.360 e. The number of carbonyl (C=O) groups excluding carboxylic acids is 2. The predicted octanol–water partition coefficient (Wildman–Crippen LogP) is 2.83. The highest BCUT2D eigenvalue weighted by molar-refractivity contribution is 5.97. The molecular formula is C22H27N3O3. The maximum Gasteiger partial charge on any atom is 0.259 e. The van der Waals surface area contributed by atoms with Crippen LogP contribution in [0.25, 0.3) is 10.9 Å². The van der Waals surface area contributed by atoms with Crippen LogP contribution in [-0.4, -0.2) is 40.8 Å². The molecule has 6 nitrogen and oxygen atoms in total. The molecule has 1 saturated heterocycles. The topological polar surface area (TPSA) is 82.3 Å². The van der Waals surface area contributed by atoms with Crippen LogP contribution < -0.4 is 10.7 Å². The Morgan fingerprint density at radius 2 is 1.71 bits per heavy atom. The minimum absolute atomic E-state index is 0.0409. The first-order chi connectivity index (χ1) is 13.6. The number of fused-ring (bicyclic) bond motifs is 1. The number of likely N-dealkylation sites (tertiary alicyclic amines) is 1. The van der Waals surface area contributed by atoms with Crippen molar-refractivity contribution in [3.63, 3.8) is 0 Å². The van der Waals surface area contributed by atoms with E-state index >= 15 is 0 Å². The van der Waals surface area contributed by atoms with E-state index in [0.717, 1.165) is 18.4 Å². The third-order valence-electron chi connectivity index (χ3n) is 6.12. The van der Waals surface area contributed by atoms with Crippen LogP contribution in [0.3, 0.4) is 0 Å². The Bertz CT molecular complexity index is 922. The number of hydrogen-bond acceptors (Lipinski definition) is 3. The molecule has 1 aromatic heterocycles. The average molecular weight is 381 g/mol. The summed E-state index contributed by atoms with van der Waals surface area (Å²) in [6, 6.07) is 7.51. The number of hydrogen-bond donors (Lipinski definition) is 2.